The van der Waals surface area contributed by atoms with Crippen LogP contribution in [0.4, 0.5) is 4.39 Å². The van der Waals surface area contributed by atoms with Crippen molar-refractivity contribution in [2.45, 2.75) is 19.4 Å². The zero-order valence-electron chi connectivity index (χ0n) is 10.2. The molecule has 0 spiro atoms. The van der Waals surface area contributed by atoms with E-state index in [1.54, 1.807) is 12.1 Å². The van der Waals surface area contributed by atoms with Crippen LogP contribution >= 0.6 is 15.9 Å². The van der Waals surface area contributed by atoms with Crippen LogP contribution in [-0.2, 0) is 6.42 Å². The minimum absolute atomic E-state index is 0.0661. The molecule has 2 aromatic carbocycles. The molecule has 0 aliphatic rings. The van der Waals surface area contributed by atoms with Gasteiger partial charge in [0.15, 0.2) is 0 Å². The lowest BCUT2D eigenvalue weighted by Crippen LogP contribution is -2.14. The van der Waals surface area contributed by atoms with Crippen LogP contribution in [0.2, 0.25) is 0 Å². The summed E-state index contributed by atoms with van der Waals surface area (Å²) in [5, 5.41) is 0. The van der Waals surface area contributed by atoms with E-state index in [1.165, 1.54) is 11.6 Å². The van der Waals surface area contributed by atoms with Gasteiger partial charge in [0.25, 0.3) is 0 Å². The summed E-state index contributed by atoms with van der Waals surface area (Å²) in [4.78, 5) is 0. The number of hydrogen-bond donors (Lipinski definition) is 1. The van der Waals surface area contributed by atoms with Gasteiger partial charge < -0.3 is 5.73 Å². The van der Waals surface area contributed by atoms with E-state index in [0.717, 1.165) is 11.1 Å². The Morgan fingerprint density at radius 3 is 2.61 bits per heavy atom. The van der Waals surface area contributed by atoms with E-state index in [4.69, 9.17) is 5.73 Å². The fourth-order valence-corrected chi connectivity index (χ4v) is 2.46. The maximum absolute atomic E-state index is 13.1. The van der Waals surface area contributed by atoms with Crippen molar-refractivity contribution in [3.63, 3.8) is 0 Å². The predicted octanol–water partition coefficient (Wildman–Crippen LogP) is 4.14. The standard InChI is InChI=1S/C15H15BrFN/c1-10-4-2-3-5-12(10)15(18)9-11-6-7-14(17)13(16)8-11/h2-8,15H,9,18H2,1H3. The zero-order valence-corrected chi connectivity index (χ0v) is 11.7. The summed E-state index contributed by atoms with van der Waals surface area (Å²) in [6.45, 7) is 2.05. The van der Waals surface area contributed by atoms with Crippen molar-refractivity contribution in [3.8, 4) is 0 Å². The van der Waals surface area contributed by atoms with Gasteiger partial charge in [0.1, 0.15) is 5.82 Å². The van der Waals surface area contributed by atoms with E-state index >= 15 is 0 Å². The first-order valence-corrected chi connectivity index (χ1v) is 6.62. The first kappa shape index (κ1) is 13.2. The molecule has 0 aliphatic heterocycles. The monoisotopic (exact) mass is 307 g/mol. The molecular formula is C15H15BrFN. The lowest BCUT2D eigenvalue weighted by molar-refractivity contribution is 0.618. The van der Waals surface area contributed by atoms with Crippen molar-refractivity contribution >= 4 is 15.9 Å². The molecule has 0 radical (unpaired) electrons. The van der Waals surface area contributed by atoms with Crippen molar-refractivity contribution in [2.75, 3.05) is 0 Å². The maximum atomic E-state index is 13.1. The van der Waals surface area contributed by atoms with Crippen molar-refractivity contribution in [1.29, 1.82) is 0 Å². The quantitative estimate of drug-likeness (QED) is 0.906. The van der Waals surface area contributed by atoms with E-state index in [0.29, 0.717) is 10.9 Å². The number of rotatable bonds is 3. The second-order valence-corrected chi connectivity index (χ2v) is 5.27. The third kappa shape index (κ3) is 2.98. The smallest absolute Gasteiger partial charge is 0.137 e. The van der Waals surface area contributed by atoms with Gasteiger partial charge in [0.2, 0.25) is 0 Å². The Labute approximate surface area is 115 Å². The fraction of sp³-hybridized carbons (Fsp3) is 0.200. The van der Waals surface area contributed by atoms with Crippen molar-refractivity contribution in [3.05, 3.63) is 69.4 Å². The highest BCUT2D eigenvalue weighted by Crippen LogP contribution is 2.22. The number of hydrogen-bond acceptors (Lipinski definition) is 1. The summed E-state index contributed by atoms with van der Waals surface area (Å²) >= 11 is 3.19. The molecule has 0 saturated heterocycles. The molecule has 2 aromatic rings. The average Bonchev–Trinajstić information content (AvgIpc) is 2.34. The third-order valence-corrected chi connectivity index (χ3v) is 3.64. The van der Waals surface area contributed by atoms with E-state index in [1.807, 2.05) is 18.2 Å². The van der Waals surface area contributed by atoms with Crippen LogP contribution in [-0.4, -0.2) is 0 Å². The lowest BCUT2D eigenvalue weighted by atomic mass is 9.96. The van der Waals surface area contributed by atoms with Crippen LogP contribution in [0.1, 0.15) is 22.7 Å². The molecule has 0 heterocycles. The summed E-state index contributed by atoms with van der Waals surface area (Å²) in [6.07, 6.45) is 0.698. The summed E-state index contributed by atoms with van der Waals surface area (Å²) in [5.41, 5.74) is 9.56. The fourth-order valence-electron chi connectivity index (χ4n) is 2.03. The van der Waals surface area contributed by atoms with Gasteiger partial charge >= 0.3 is 0 Å². The molecule has 1 atom stereocenters. The molecule has 2 N–H and O–H groups in total. The van der Waals surface area contributed by atoms with Crippen molar-refractivity contribution < 1.29 is 4.39 Å². The molecule has 0 amide bonds. The van der Waals surface area contributed by atoms with Gasteiger partial charge in [-0.2, -0.15) is 0 Å². The molecule has 0 bridgehead atoms. The highest BCUT2D eigenvalue weighted by molar-refractivity contribution is 9.10. The summed E-state index contributed by atoms with van der Waals surface area (Å²) in [5.74, 6) is -0.247. The van der Waals surface area contributed by atoms with Gasteiger partial charge in [-0.1, -0.05) is 30.3 Å². The Balaban J connectivity index is 2.19. The largest absolute Gasteiger partial charge is 0.324 e. The summed E-state index contributed by atoms with van der Waals surface area (Å²) in [6, 6.07) is 13.0. The Hall–Kier alpha value is -1.19. The molecule has 1 unspecified atom stereocenters. The maximum Gasteiger partial charge on any atom is 0.137 e. The summed E-state index contributed by atoms with van der Waals surface area (Å²) in [7, 11) is 0. The molecule has 2 rings (SSSR count). The number of halogens is 2. The number of aryl methyl sites for hydroxylation is 1. The lowest BCUT2D eigenvalue weighted by Gasteiger charge is -2.15. The molecule has 0 aliphatic carbocycles. The van der Waals surface area contributed by atoms with E-state index in [9.17, 15) is 4.39 Å². The molecular weight excluding hydrogens is 293 g/mol. The van der Waals surface area contributed by atoms with Crippen LogP contribution in [0.25, 0.3) is 0 Å². The number of benzene rings is 2. The first-order chi connectivity index (χ1) is 8.58. The highest BCUT2D eigenvalue weighted by Gasteiger charge is 2.10. The van der Waals surface area contributed by atoms with Gasteiger partial charge in [-0.25, -0.2) is 4.39 Å². The number of nitrogens with two attached hydrogens (primary N) is 1. The summed E-state index contributed by atoms with van der Waals surface area (Å²) < 4.78 is 13.6. The average molecular weight is 308 g/mol. The van der Waals surface area contributed by atoms with Crippen LogP contribution < -0.4 is 5.73 Å². The van der Waals surface area contributed by atoms with Gasteiger partial charge in [-0.3, -0.25) is 0 Å². The molecule has 0 saturated carbocycles. The molecule has 1 nitrogen and oxygen atoms in total. The normalized spacial score (nSPS) is 12.4. The third-order valence-electron chi connectivity index (χ3n) is 3.03. The van der Waals surface area contributed by atoms with Crippen LogP contribution in [0.3, 0.4) is 0 Å². The van der Waals surface area contributed by atoms with Crippen LogP contribution in [0.5, 0.6) is 0 Å². The topological polar surface area (TPSA) is 26.0 Å². The molecule has 94 valence electrons. The minimum atomic E-state index is -0.247. The molecule has 0 aromatic heterocycles. The first-order valence-electron chi connectivity index (χ1n) is 5.83. The Morgan fingerprint density at radius 2 is 1.94 bits per heavy atom. The van der Waals surface area contributed by atoms with Crippen molar-refractivity contribution in [1.82, 2.24) is 0 Å². The van der Waals surface area contributed by atoms with E-state index in [-0.39, 0.29) is 11.9 Å². The van der Waals surface area contributed by atoms with Gasteiger partial charge in [0, 0.05) is 6.04 Å². The van der Waals surface area contributed by atoms with Crippen LogP contribution in [0.15, 0.2) is 46.9 Å². The molecule has 3 heteroatoms. The van der Waals surface area contributed by atoms with E-state index in [2.05, 4.69) is 28.9 Å². The van der Waals surface area contributed by atoms with Crippen molar-refractivity contribution in [2.24, 2.45) is 5.73 Å². The Bertz CT molecular complexity index is 554. The Morgan fingerprint density at radius 1 is 1.22 bits per heavy atom. The molecule has 0 fully saturated rings. The van der Waals surface area contributed by atoms with Gasteiger partial charge in [0.05, 0.1) is 4.47 Å². The second kappa shape index (κ2) is 5.63. The van der Waals surface area contributed by atoms with Gasteiger partial charge in [-0.15, -0.1) is 0 Å². The van der Waals surface area contributed by atoms with Gasteiger partial charge in [-0.05, 0) is 58.1 Å². The van der Waals surface area contributed by atoms with E-state index < -0.39 is 0 Å². The second-order valence-electron chi connectivity index (χ2n) is 4.42. The molecule has 18 heavy (non-hydrogen) atoms. The SMILES string of the molecule is Cc1ccccc1C(N)Cc1ccc(F)c(Br)c1. The minimum Gasteiger partial charge on any atom is -0.324 e. The van der Waals surface area contributed by atoms with Crippen LogP contribution in [0, 0.1) is 12.7 Å². The highest BCUT2D eigenvalue weighted by atomic mass is 79.9. The predicted molar refractivity (Wildman–Crippen MR) is 75.9 cm³/mol. The Kier molecular flexibility index (Phi) is 4.15. The zero-order chi connectivity index (χ0) is 13.1.